The molecule has 0 aromatic carbocycles. The Labute approximate surface area is 121 Å². The smallest absolute Gasteiger partial charge is 0.306 e. The highest BCUT2D eigenvalue weighted by Gasteiger charge is 2.14. The zero-order chi connectivity index (χ0) is 13.8. The van der Waals surface area contributed by atoms with Gasteiger partial charge in [-0.25, -0.2) is 0 Å². The summed E-state index contributed by atoms with van der Waals surface area (Å²) in [7, 11) is 0. The van der Waals surface area contributed by atoms with Crippen LogP contribution in [-0.4, -0.2) is 17.4 Å². The van der Waals surface area contributed by atoms with Crippen molar-refractivity contribution in [3.63, 3.8) is 0 Å². The summed E-state index contributed by atoms with van der Waals surface area (Å²) in [5.41, 5.74) is 0. The molecule has 0 N–H and O–H groups in total. The van der Waals surface area contributed by atoms with Crippen molar-refractivity contribution in [3.05, 3.63) is 0 Å². The third kappa shape index (κ3) is 8.96. The molecule has 0 radical (unpaired) electrons. The molecule has 0 aliphatic rings. The van der Waals surface area contributed by atoms with Gasteiger partial charge in [-0.2, -0.15) is 0 Å². The van der Waals surface area contributed by atoms with E-state index in [-0.39, 0.29) is 12.1 Å². The van der Waals surface area contributed by atoms with Crippen molar-refractivity contribution < 1.29 is 9.53 Å². The molecular weight excluding hydrogens is 292 g/mol. The van der Waals surface area contributed by atoms with E-state index in [4.69, 9.17) is 4.74 Å². The number of carbonyl (C=O) groups is 1. The lowest BCUT2D eigenvalue weighted by Gasteiger charge is -2.19. The fourth-order valence-corrected chi connectivity index (χ4v) is 2.47. The van der Waals surface area contributed by atoms with E-state index in [0.717, 1.165) is 36.9 Å². The summed E-state index contributed by atoms with van der Waals surface area (Å²) < 4.78 is 5.53. The van der Waals surface area contributed by atoms with Crippen molar-refractivity contribution in [2.24, 2.45) is 5.92 Å². The maximum absolute atomic E-state index is 11.6. The Morgan fingerprint density at radius 2 is 1.72 bits per heavy atom. The van der Waals surface area contributed by atoms with E-state index in [0.29, 0.717) is 6.42 Å². The third-order valence-electron chi connectivity index (χ3n) is 3.57. The molecule has 0 aliphatic heterocycles. The van der Waals surface area contributed by atoms with Gasteiger partial charge in [-0.05, 0) is 38.0 Å². The van der Waals surface area contributed by atoms with Gasteiger partial charge in [-0.3, -0.25) is 4.79 Å². The molecule has 0 spiro atoms. The maximum atomic E-state index is 11.6. The fourth-order valence-electron chi connectivity index (χ4n) is 2.07. The van der Waals surface area contributed by atoms with Crippen LogP contribution >= 0.6 is 15.9 Å². The monoisotopic (exact) mass is 320 g/mol. The number of unbranched alkanes of at least 4 members (excludes halogenated alkanes) is 1. The summed E-state index contributed by atoms with van der Waals surface area (Å²) in [4.78, 5) is 11.6. The number of hydrogen-bond acceptors (Lipinski definition) is 2. The standard InChI is InChI=1S/C15H29BrO2/c1-4-13(5-2)10-11-14(6-3)18-15(17)9-7-8-12-16/h13-14H,4-12H2,1-3H3. The molecule has 1 unspecified atom stereocenters. The van der Waals surface area contributed by atoms with Crippen LogP contribution < -0.4 is 0 Å². The minimum Gasteiger partial charge on any atom is -0.462 e. The van der Waals surface area contributed by atoms with Gasteiger partial charge in [0.05, 0.1) is 0 Å². The quantitative estimate of drug-likeness (QED) is 0.301. The van der Waals surface area contributed by atoms with Crippen molar-refractivity contribution in [2.75, 3.05) is 5.33 Å². The molecule has 0 rings (SSSR count). The van der Waals surface area contributed by atoms with Gasteiger partial charge in [0.25, 0.3) is 0 Å². The van der Waals surface area contributed by atoms with E-state index < -0.39 is 0 Å². The van der Waals surface area contributed by atoms with Crippen LogP contribution in [0.1, 0.15) is 72.1 Å². The summed E-state index contributed by atoms with van der Waals surface area (Å²) >= 11 is 3.37. The van der Waals surface area contributed by atoms with Gasteiger partial charge in [0.2, 0.25) is 0 Å². The van der Waals surface area contributed by atoms with Crippen molar-refractivity contribution >= 4 is 21.9 Å². The van der Waals surface area contributed by atoms with E-state index in [9.17, 15) is 4.79 Å². The van der Waals surface area contributed by atoms with Crippen LogP contribution in [0.5, 0.6) is 0 Å². The molecule has 0 saturated heterocycles. The second kappa shape index (κ2) is 12.0. The molecule has 0 aliphatic carbocycles. The van der Waals surface area contributed by atoms with E-state index in [1.807, 2.05) is 0 Å². The van der Waals surface area contributed by atoms with Gasteiger partial charge >= 0.3 is 5.97 Å². The Bertz CT molecular complexity index is 203. The number of halogens is 1. The van der Waals surface area contributed by atoms with Crippen molar-refractivity contribution in [1.29, 1.82) is 0 Å². The number of alkyl halides is 1. The van der Waals surface area contributed by atoms with Crippen LogP contribution in [0, 0.1) is 5.92 Å². The van der Waals surface area contributed by atoms with Gasteiger partial charge in [0, 0.05) is 11.8 Å². The molecule has 108 valence electrons. The first-order chi connectivity index (χ1) is 8.67. The predicted octanol–water partition coefficient (Wildman–Crippen LogP) is 5.09. The lowest BCUT2D eigenvalue weighted by atomic mass is 9.95. The first-order valence-electron chi connectivity index (χ1n) is 7.43. The Morgan fingerprint density at radius 1 is 1.06 bits per heavy atom. The molecular formula is C15H29BrO2. The Balaban J connectivity index is 3.84. The molecule has 0 bridgehead atoms. The third-order valence-corrected chi connectivity index (χ3v) is 4.13. The van der Waals surface area contributed by atoms with Crippen LogP contribution in [0.15, 0.2) is 0 Å². The lowest BCUT2D eigenvalue weighted by Crippen LogP contribution is -2.18. The van der Waals surface area contributed by atoms with Crippen LogP contribution in [-0.2, 0) is 9.53 Å². The van der Waals surface area contributed by atoms with Crippen molar-refractivity contribution in [3.8, 4) is 0 Å². The largest absolute Gasteiger partial charge is 0.462 e. The van der Waals surface area contributed by atoms with Gasteiger partial charge in [-0.15, -0.1) is 0 Å². The van der Waals surface area contributed by atoms with Gasteiger partial charge in [0.1, 0.15) is 6.10 Å². The highest BCUT2D eigenvalue weighted by molar-refractivity contribution is 9.09. The zero-order valence-corrected chi connectivity index (χ0v) is 13.8. The number of rotatable bonds is 11. The minimum absolute atomic E-state index is 0.0210. The topological polar surface area (TPSA) is 26.3 Å². The lowest BCUT2D eigenvalue weighted by molar-refractivity contribution is -0.149. The van der Waals surface area contributed by atoms with Crippen LogP contribution in [0.4, 0.5) is 0 Å². The van der Waals surface area contributed by atoms with E-state index in [1.54, 1.807) is 0 Å². The first kappa shape index (κ1) is 17.9. The van der Waals surface area contributed by atoms with Crippen LogP contribution in [0.3, 0.4) is 0 Å². The number of esters is 1. The average Bonchev–Trinajstić information content (AvgIpc) is 2.38. The predicted molar refractivity (Wildman–Crippen MR) is 81.1 cm³/mol. The van der Waals surface area contributed by atoms with E-state index in [2.05, 4.69) is 36.7 Å². The van der Waals surface area contributed by atoms with Crippen molar-refractivity contribution in [2.45, 2.75) is 78.2 Å². The van der Waals surface area contributed by atoms with Gasteiger partial charge < -0.3 is 4.74 Å². The summed E-state index contributed by atoms with van der Waals surface area (Å²) in [6, 6.07) is 0. The molecule has 18 heavy (non-hydrogen) atoms. The normalized spacial score (nSPS) is 12.7. The second-order valence-corrected chi connectivity index (χ2v) is 5.72. The summed E-state index contributed by atoms with van der Waals surface area (Å²) in [5.74, 6) is 0.762. The first-order valence-corrected chi connectivity index (χ1v) is 8.55. The maximum Gasteiger partial charge on any atom is 0.306 e. The number of ether oxygens (including phenoxy) is 1. The molecule has 3 heteroatoms. The molecule has 0 fully saturated rings. The molecule has 0 saturated carbocycles. The van der Waals surface area contributed by atoms with Crippen molar-refractivity contribution in [1.82, 2.24) is 0 Å². The SMILES string of the molecule is CCC(CC)CCC(CC)OC(=O)CCCCBr. The highest BCUT2D eigenvalue weighted by Crippen LogP contribution is 2.19. The Morgan fingerprint density at radius 3 is 2.22 bits per heavy atom. The summed E-state index contributed by atoms with van der Waals surface area (Å²) in [6.07, 6.45) is 8.25. The molecule has 0 heterocycles. The number of hydrogen-bond donors (Lipinski definition) is 0. The number of carbonyl (C=O) groups excluding carboxylic acids is 1. The summed E-state index contributed by atoms with van der Waals surface area (Å²) in [5, 5.41) is 0.964. The average molecular weight is 321 g/mol. The van der Waals surface area contributed by atoms with E-state index in [1.165, 1.54) is 19.3 Å². The second-order valence-electron chi connectivity index (χ2n) is 4.93. The Hall–Kier alpha value is -0.0500. The Kier molecular flexibility index (Phi) is 12.0. The van der Waals surface area contributed by atoms with Crippen LogP contribution in [0.2, 0.25) is 0 Å². The van der Waals surface area contributed by atoms with Gasteiger partial charge in [-0.1, -0.05) is 49.5 Å². The molecule has 2 nitrogen and oxygen atoms in total. The van der Waals surface area contributed by atoms with E-state index >= 15 is 0 Å². The molecule has 1 atom stereocenters. The fraction of sp³-hybridized carbons (Fsp3) is 0.933. The zero-order valence-electron chi connectivity index (χ0n) is 12.2. The molecule has 0 aromatic heterocycles. The minimum atomic E-state index is -0.0210. The van der Waals surface area contributed by atoms with Crippen LogP contribution in [0.25, 0.3) is 0 Å². The summed E-state index contributed by atoms with van der Waals surface area (Å²) in [6.45, 7) is 6.58. The molecule has 0 aromatic rings. The molecule has 0 amide bonds. The highest BCUT2D eigenvalue weighted by atomic mass is 79.9. The van der Waals surface area contributed by atoms with Gasteiger partial charge in [0.15, 0.2) is 0 Å².